The Morgan fingerprint density at radius 2 is 1.79 bits per heavy atom. The Labute approximate surface area is 125 Å². The van der Waals surface area contributed by atoms with Crippen LogP contribution in [0.15, 0.2) is 15.9 Å². The lowest BCUT2D eigenvalue weighted by molar-refractivity contribution is -0.170. The summed E-state index contributed by atoms with van der Waals surface area (Å²) >= 11 is 4.84. The highest BCUT2D eigenvalue weighted by atomic mass is 79.9. The van der Waals surface area contributed by atoms with Crippen LogP contribution in [-0.4, -0.2) is 25.2 Å². The molecule has 19 heavy (non-hydrogen) atoms. The molecule has 1 aromatic heterocycles. The predicted octanol–water partition coefficient (Wildman–Crippen LogP) is 3.19. The summed E-state index contributed by atoms with van der Waals surface area (Å²) in [7, 11) is 0. The van der Waals surface area contributed by atoms with Crippen LogP contribution in [0.2, 0.25) is 0 Å². The largest absolute Gasteiger partial charge is 0.465 e. The van der Waals surface area contributed by atoms with E-state index in [1.165, 1.54) is 11.3 Å². The first-order chi connectivity index (χ1) is 8.93. The van der Waals surface area contributed by atoms with Gasteiger partial charge in [-0.3, -0.25) is 9.59 Å². The predicted molar refractivity (Wildman–Crippen MR) is 77.1 cm³/mol. The van der Waals surface area contributed by atoms with Crippen molar-refractivity contribution >= 4 is 39.2 Å². The molecule has 4 nitrogen and oxygen atoms in total. The maximum absolute atomic E-state index is 12.1. The zero-order valence-corrected chi connectivity index (χ0v) is 13.6. The normalized spacial score (nSPS) is 11.2. The first kappa shape index (κ1) is 16.2. The average molecular weight is 349 g/mol. The number of hydrogen-bond donors (Lipinski definition) is 0. The molecule has 6 heteroatoms. The van der Waals surface area contributed by atoms with Gasteiger partial charge in [0.1, 0.15) is 0 Å². The fourth-order valence-electron chi connectivity index (χ4n) is 1.60. The van der Waals surface area contributed by atoms with Crippen LogP contribution in [0.25, 0.3) is 0 Å². The topological polar surface area (TPSA) is 52.6 Å². The van der Waals surface area contributed by atoms with Crippen molar-refractivity contribution in [2.24, 2.45) is 5.41 Å². The number of halogens is 1. The number of esters is 2. The van der Waals surface area contributed by atoms with Crippen molar-refractivity contribution in [1.82, 2.24) is 0 Å². The number of hydrogen-bond acceptors (Lipinski definition) is 5. The molecular weight excluding hydrogens is 332 g/mol. The van der Waals surface area contributed by atoms with Gasteiger partial charge in [-0.2, -0.15) is 0 Å². The molecular formula is C13H17BrO4S. The van der Waals surface area contributed by atoms with Gasteiger partial charge in [0.05, 0.1) is 13.2 Å². The molecule has 106 valence electrons. The van der Waals surface area contributed by atoms with Crippen LogP contribution in [0.5, 0.6) is 0 Å². The highest BCUT2D eigenvalue weighted by Crippen LogP contribution is 2.31. The molecule has 0 unspecified atom stereocenters. The van der Waals surface area contributed by atoms with Crippen molar-refractivity contribution in [1.29, 1.82) is 0 Å². The first-order valence-corrected chi connectivity index (χ1v) is 7.68. The Morgan fingerprint density at radius 3 is 2.16 bits per heavy atom. The number of ether oxygens (including phenoxy) is 2. The van der Waals surface area contributed by atoms with Crippen LogP contribution < -0.4 is 0 Å². The molecule has 0 fully saturated rings. The third kappa shape index (κ3) is 4.04. The molecule has 1 aromatic rings. The van der Waals surface area contributed by atoms with Crippen LogP contribution in [-0.2, 0) is 25.5 Å². The Morgan fingerprint density at radius 1 is 1.26 bits per heavy atom. The van der Waals surface area contributed by atoms with Crippen molar-refractivity contribution in [3.63, 3.8) is 0 Å². The Kier molecular flexibility index (Phi) is 6.00. The van der Waals surface area contributed by atoms with Crippen molar-refractivity contribution < 1.29 is 19.1 Å². The van der Waals surface area contributed by atoms with E-state index in [1.54, 1.807) is 20.8 Å². The zero-order chi connectivity index (χ0) is 14.5. The Balaban J connectivity index is 2.97. The molecule has 0 aliphatic carbocycles. The third-order valence-electron chi connectivity index (χ3n) is 2.60. The van der Waals surface area contributed by atoms with Crippen LogP contribution in [0.1, 0.15) is 25.6 Å². The smallest absolute Gasteiger partial charge is 0.323 e. The number of carbonyl (C=O) groups excluding carboxylic acids is 2. The van der Waals surface area contributed by atoms with E-state index in [0.717, 1.165) is 9.35 Å². The summed E-state index contributed by atoms with van der Waals surface area (Å²) in [5.41, 5.74) is -1.30. The van der Waals surface area contributed by atoms with E-state index in [9.17, 15) is 9.59 Å². The van der Waals surface area contributed by atoms with E-state index in [-0.39, 0.29) is 19.6 Å². The van der Waals surface area contributed by atoms with Crippen molar-refractivity contribution in [3.05, 3.63) is 20.8 Å². The molecule has 1 heterocycles. The van der Waals surface area contributed by atoms with Gasteiger partial charge in [0.2, 0.25) is 0 Å². The van der Waals surface area contributed by atoms with Gasteiger partial charge in [0.25, 0.3) is 0 Å². The first-order valence-electron chi connectivity index (χ1n) is 6.01. The maximum Gasteiger partial charge on any atom is 0.323 e. The molecule has 0 amide bonds. The van der Waals surface area contributed by atoms with Crippen LogP contribution in [0.4, 0.5) is 0 Å². The minimum absolute atomic E-state index is 0.238. The molecule has 0 spiro atoms. The highest BCUT2D eigenvalue weighted by Gasteiger charge is 2.44. The summed E-state index contributed by atoms with van der Waals surface area (Å²) in [4.78, 5) is 25.1. The highest BCUT2D eigenvalue weighted by molar-refractivity contribution is 9.10. The van der Waals surface area contributed by atoms with Gasteiger partial charge in [0.15, 0.2) is 5.41 Å². The van der Waals surface area contributed by atoms with Crippen molar-refractivity contribution in [2.45, 2.75) is 27.2 Å². The van der Waals surface area contributed by atoms with E-state index in [1.807, 2.05) is 11.4 Å². The van der Waals surface area contributed by atoms with E-state index < -0.39 is 17.4 Å². The van der Waals surface area contributed by atoms with Gasteiger partial charge in [-0.25, -0.2) is 0 Å². The lowest BCUT2D eigenvalue weighted by atomic mass is 9.86. The quantitative estimate of drug-likeness (QED) is 0.585. The van der Waals surface area contributed by atoms with Crippen molar-refractivity contribution in [3.8, 4) is 0 Å². The summed E-state index contributed by atoms with van der Waals surface area (Å²) in [6.07, 6.45) is 0.279. The van der Waals surface area contributed by atoms with Crippen LogP contribution >= 0.6 is 27.3 Å². The van der Waals surface area contributed by atoms with Gasteiger partial charge < -0.3 is 9.47 Å². The monoisotopic (exact) mass is 348 g/mol. The minimum atomic E-state index is -1.30. The second kappa shape index (κ2) is 7.05. The van der Waals surface area contributed by atoms with Crippen LogP contribution in [0, 0.1) is 5.41 Å². The summed E-state index contributed by atoms with van der Waals surface area (Å²) in [6.45, 7) is 5.47. The molecule has 0 bridgehead atoms. The third-order valence-corrected chi connectivity index (χ3v) is 4.30. The number of thiophene rings is 1. The summed E-state index contributed by atoms with van der Waals surface area (Å²) in [5, 5.41) is 1.91. The fourth-order valence-corrected chi connectivity index (χ4v) is 3.21. The summed E-state index contributed by atoms with van der Waals surface area (Å²) in [5.74, 6) is -1.09. The SMILES string of the molecule is CCOC(=O)C(C)(Cc1cc(Br)cs1)C(=O)OCC. The molecule has 0 N–H and O–H groups in total. The van der Waals surface area contributed by atoms with Gasteiger partial charge >= 0.3 is 11.9 Å². The molecule has 0 aromatic carbocycles. The van der Waals surface area contributed by atoms with E-state index in [4.69, 9.17) is 9.47 Å². The van der Waals surface area contributed by atoms with E-state index >= 15 is 0 Å². The van der Waals surface area contributed by atoms with E-state index in [0.29, 0.717) is 0 Å². The van der Waals surface area contributed by atoms with Gasteiger partial charge in [-0.15, -0.1) is 11.3 Å². The second-order valence-electron chi connectivity index (χ2n) is 4.18. The molecule has 0 aliphatic rings. The zero-order valence-electron chi connectivity index (χ0n) is 11.2. The second-order valence-corrected chi connectivity index (χ2v) is 6.09. The van der Waals surface area contributed by atoms with Gasteiger partial charge in [-0.1, -0.05) is 0 Å². The fraction of sp³-hybridized carbons (Fsp3) is 0.538. The standard InChI is InChI=1S/C13H17BrO4S/c1-4-17-11(15)13(3,12(16)18-5-2)7-10-6-9(14)8-19-10/h6,8H,4-5,7H2,1-3H3. The van der Waals surface area contributed by atoms with Gasteiger partial charge in [-0.05, 0) is 42.8 Å². The van der Waals surface area contributed by atoms with Crippen molar-refractivity contribution in [2.75, 3.05) is 13.2 Å². The maximum atomic E-state index is 12.1. The lowest BCUT2D eigenvalue weighted by Crippen LogP contribution is -2.41. The minimum Gasteiger partial charge on any atom is -0.465 e. The Bertz CT molecular complexity index is 437. The summed E-state index contributed by atoms with van der Waals surface area (Å²) in [6, 6.07) is 1.89. The summed E-state index contributed by atoms with van der Waals surface area (Å²) < 4.78 is 10.9. The average Bonchev–Trinajstić information content (AvgIpc) is 2.75. The number of carbonyl (C=O) groups is 2. The van der Waals surface area contributed by atoms with Crippen LogP contribution in [0.3, 0.4) is 0 Å². The molecule has 0 atom stereocenters. The molecule has 0 saturated heterocycles. The molecule has 0 aliphatic heterocycles. The van der Waals surface area contributed by atoms with E-state index in [2.05, 4.69) is 15.9 Å². The number of rotatable bonds is 6. The lowest BCUT2D eigenvalue weighted by Gasteiger charge is -2.24. The molecule has 0 saturated carbocycles. The van der Waals surface area contributed by atoms with Gasteiger partial charge in [0, 0.05) is 21.2 Å². The molecule has 0 radical (unpaired) electrons. The molecule has 1 rings (SSSR count). The Hall–Kier alpha value is -0.880.